The van der Waals surface area contributed by atoms with Crippen LogP contribution in [-0.4, -0.2) is 64.3 Å². The molecule has 0 radical (unpaired) electrons. The Morgan fingerprint density at radius 2 is 1.62 bits per heavy atom. The van der Waals surface area contributed by atoms with Crippen LogP contribution in [0.4, 0.5) is 5.69 Å². The third kappa shape index (κ3) is 9.82. The van der Waals surface area contributed by atoms with Crippen LogP contribution in [0.25, 0.3) is 6.08 Å². The van der Waals surface area contributed by atoms with Crippen LogP contribution in [0.15, 0.2) is 125 Å². The zero-order valence-electron chi connectivity index (χ0n) is 29.3. The highest BCUT2D eigenvalue weighted by molar-refractivity contribution is 6.04. The molecule has 3 aromatic carbocycles. The number of carboxylic acids is 1. The summed E-state index contributed by atoms with van der Waals surface area (Å²) in [6.45, 7) is 6.81. The summed E-state index contributed by atoms with van der Waals surface area (Å²) in [7, 11) is 0. The number of fused-ring (bicyclic) bond motifs is 1. The summed E-state index contributed by atoms with van der Waals surface area (Å²) >= 11 is 0. The number of rotatable bonds is 16. The molecule has 1 aliphatic heterocycles. The molecular weight excluding hydrogens is 680 g/mol. The number of carbonyl (C=O) groups is 4. The van der Waals surface area contributed by atoms with Crippen LogP contribution in [0, 0.1) is 0 Å². The standard InChI is InChI=1S/C41H40N2O10/c1-4-26(2)52-41(49)33(24-37(44)45)38(46)40(48)43(21-11-14-28-12-7-5-8-13-28)27(3)32(29-17-19-34-36(22-29)51-25-50-34)23-31-18-20-35(53-31)39(47)42-30-15-9-6-10-16-30/h4-20,22,26-27,32,46H,1,21,23-25H2,2-3H3,(H,42,47)(H,44,45)/b14-11+,38-33?. The summed E-state index contributed by atoms with van der Waals surface area (Å²) in [5, 5.41) is 23.7. The van der Waals surface area contributed by atoms with E-state index in [4.69, 9.17) is 18.6 Å². The Bertz CT molecular complexity index is 2000. The van der Waals surface area contributed by atoms with Crippen molar-refractivity contribution < 1.29 is 48.0 Å². The van der Waals surface area contributed by atoms with Gasteiger partial charge in [-0.3, -0.25) is 14.4 Å². The van der Waals surface area contributed by atoms with Gasteiger partial charge in [-0.15, -0.1) is 0 Å². The van der Waals surface area contributed by atoms with Crippen molar-refractivity contribution in [3.8, 4) is 11.5 Å². The molecule has 0 saturated carbocycles. The lowest BCUT2D eigenvalue weighted by Crippen LogP contribution is -2.44. The van der Waals surface area contributed by atoms with Crippen LogP contribution in [0.2, 0.25) is 0 Å². The number of aliphatic carboxylic acids is 1. The van der Waals surface area contributed by atoms with Gasteiger partial charge < -0.3 is 39.1 Å². The summed E-state index contributed by atoms with van der Waals surface area (Å²) in [6, 6.07) is 26.1. The number of ether oxygens (including phenoxy) is 3. The number of hydrogen-bond acceptors (Lipinski definition) is 9. The fraction of sp³-hybridized carbons (Fsp3) is 0.220. The van der Waals surface area contributed by atoms with Gasteiger partial charge in [-0.2, -0.15) is 0 Å². The monoisotopic (exact) mass is 720 g/mol. The van der Waals surface area contributed by atoms with Crippen LogP contribution in [0.3, 0.4) is 0 Å². The molecule has 3 N–H and O–H groups in total. The molecule has 0 saturated heterocycles. The number of hydrogen-bond donors (Lipinski definition) is 3. The smallest absolute Gasteiger partial charge is 0.339 e. The Labute approximate surface area is 306 Å². The quantitative estimate of drug-likeness (QED) is 0.0479. The first-order valence-electron chi connectivity index (χ1n) is 16.9. The molecule has 3 atom stereocenters. The van der Waals surface area contributed by atoms with Gasteiger partial charge in [-0.25, -0.2) is 4.79 Å². The lowest BCUT2D eigenvalue weighted by atomic mass is 9.87. The van der Waals surface area contributed by atoms with Crippen molar-refractivity contribution >= 4 is 35.5 Å². The minimum absolute atomic E-state index is 0.0392. The van der Waals surface area contributed by atoms with Gasteiger partial charge in [0, 0.05) is 30.6 Å². The summed E-state index contributed by atoms with van der Waals surface area (Å²) in [6.07, 6.45) is 3.24. The molecule has 1 aliphatic rings. The highest BCUT2D eigenvalue weighted by Crippen LogP contribution is 2.38. The lowest BCUT2D eigenvalue weighted by molar-refractivity contribution is -0.145. The van der Waals surface area contributed by atoms with Crippen molar-refractivity contribution in [1.29, 1.82) is 0 Å². The molecule has 0 fully saturated rings. The molecule has 0 bridgehead atoms. The number of nitrogens with zero attached hydrogens (tertiary/aromatic N) is 1. The van der Waals surface area contributed by atoms with Crippen molar-refractivity contribution in [3.05, 3.63) is 144 Å². The number of aliphatic hydroxyl groups excluding tert-OH is 1. The van der Waals surface area contributed by atoms with E-state index in [0.717, 1.165) is 5.56 Å². The van der Waals surface area contributed by atoms with E-state index in [1.54, 1.807) is 67.6 Å². The third-order valence-electron chi connectivity index (χ3n) is 8.60. The number of benzene rings is 3. The third-order valence-corrected chi connectivity index (χ3v) is 8.60. The predicted molar refractivity (Wildman–Crippen MR) is 196 cm³/mol. The van der Waals surface area contributed by atoms with Crippen molar-refractivity contribution in [2.75, 3.05) is 18.7 Å². The molecule has 2 heterocycles. The molecule has 5 rings (SSSR count). The average Bonchev–Trinajstić information content (AvgIpc) is 3.84. The van der Waals surface area contributed by atoms with Crippen molar-refractivity contribution in [3.63, 3.8) is 0 Å². The van der Waals surface area contributed by atoms with Crippen LogP contribution < -0.4 is 14.8 Å². The second-order valence-corrected chi connectivity index (χ2v) is 12.3. The Morgan fingerprint density at radius 1 is 0.925 bits per heavy atom. The minimum Gasteiger partial charge on any atom is -0.503 e. The summed E-state index contributed by atoms with van der Waals surface area (Å²) in [5.41, 5.74) is 1.45. The largest absolute Gasteiger partial charge is 0.503 e. The van der Waals surface area contributed by atoms with E-state index in [1.165, 1.54) is 17.9 Å². The maximum atomic E-state index is 14.3. The van der Waals surface area contributed by atoms with Gasteiger partial charge in [-0.1, -0.05) is 79.4 Å². The average molecular weight is 721 g/mol. The molecule has 53 heavy (non-hydrogen) atoms. The molecule has 274 valence electrons. The number of carboxylic acid groups (broad SMARTS) is 1. The number of furan rings is 1. The van der Waals surface area contributed by atoms with Gasteiger partial charge in [0.2, 0.25) is 6.79 Å². The van der Waals surface area contributed by atoms with E-state index in [1.807, 2.05) is 42.5 Å². The second kappa shape index (κ2) is 17.6. The minimum atomic E-state index is -1.45. The first kappa shape index (κ1) is 37.7. The van der Waals surface area contributed by atoms with Crippen molar-refractivity contribution in [2.24, 2.45) is 0 Å². The Balaban J connectivity index is 1.53. The molecule has 12 nitrogen and oxygen atoms in total. The fourth-order valence-electron chi connectivity index (χ4n) is 5.73. The van der Waals surface area contributed by atoms with Crippen LogP contribution in [0.5, 0.6) is 11.5 Å². The van der Waals surface area contributed by atoms with Gasteiger partial charge in [0.25, 0.3) is 11.8 Å². The SMILES string of the molecule is C=CC(C)OC(=O)C(CC(=O)O)=C(O)C(=O)N(C/C=C/c1ccccc1)C(C)C(Cc1ccc(C(=O)Nc2ccccc2)o1)c1ccc2c(c1)OCO2. The van der Waals surface area contributed by atoms with Crippen molar-refractivity contribution in [1.82, 2.24) is 4.90 Å². The van der Waals surface area contributed by atoms with Gasteiger partial charge in [0.05, 0.1) is 12.0 Å². The molecular formula is C41H40N2O10. The van der Waals surface area contributed by atoms with E-state index in [0.29, 0.717) is 28.5 Å². The summed E-state index contributed by atoms with van der Waals surface area (Å²) in [4.78, 5) is 53.5. The maximum Gasteiger partial charge on any atom is 0.339 e. The van der Waals surface area contributed by atoms with E-state index >= 15 is 0 Å². The highest BCUT2D eigenvalue weighted by atomic mass is 16.7. The topological polar surface area (TPSA) is 165 Å². The van der Waals surface area contributed by atoms with Gasteiger partial charge in [0.1, 0.15) is 11.9 Å². The lowest BCUT2D eigenvalue weighted by Gasteiger charge is -2.34. The molecule has 0 aliphatic carbocycles. The molecule has 0 spiro atoms. The van der Waals surface area contributed by atoms with Crippen LogP contribution >= 0.6 is 0 Å². The number of carbonyl (C=O) groups excluding carboxylic acids is 3. The summed E-state index contributed by atoms with van der Waals surface area (Å²) < 4.78 is 22.4. The molecule has 1 aromatic heterocycles. The summed E-state index contributed by atoms with van der Waals surface area (Å²) in [5.74, 6) is -4.13. The maximum absolute atomic E-state index is 14.3. The zero-order valence-corrected chi connectivity index (χ0v) is 29.3. The van der Waals surface area contributed by atoms with Crippen LogP contribution in [0.1, 0.15) is 53.6 Å². The first-order chi connectivity index (χ1) is 25.5. The first-order valence-corrected chi connectivity index (χ1v) is 16.9. The number of esters is 1. The Morgan fingerprint density at radius 3 is 2.32 bits per heavy atom. The van der Waals surface area contributed by atoms with E-state index in [9.17, 15) is 29.4 Å². The van der Waals surface area contributed by atoms with E-state index < -0.39 is 59.6 Å². The Hall–Kier alpha value is -6.56. The number of anilines is 1. The molecule has 4 aromatic rings. The number of nitrogens with one attached hydrogen (secondary N) is 1. The van der Waals surface area contributed by atoms with Gasteiger partial charge in [0.15, 0.2) is 23.0 Å². The highest BCUT2D eigenvalue weighted by Gasteiger charge is 2.35. The van der Waals surface area contributed by atoms with Gasteiger partial charge >= 0.3 is 11.9 Å². The van der Waals surface area contributed by atoms with Crippen LogP contribution in [-0.2, 0) is 25.5 Å². The number of amides is 2. The number of aliphatic hydroxyl groups is 1. The second-order valence-electron chi connectivity index (χ2n) is 12.3. The van der Waals surface area contributed by atoms with Crippen molar-refractivity contribution in [2.45, 2.75) is 44.8 Å². The van der Waals surface area contributed by atoms with E-state index in [2.05, 4.69) is 11.9 Å². The van der Waals surface area contributed by atoms with Gasteiger partial charge in [-0.05, 0) is 61.4 Å². The fourth-order valence-corrected chi connectivity index (χ4v) is 5.73. The zero-order chi connectivity index (χ0) is 37.9. The molecule has 12 heteroatoms. The Kier molecular flexibility index (Phi) is 12.5. The molecule has 3 unspecified atom stereocenters. The van der Waals surface area contributed by atoms with E-state index in [-0.39, 0.29) is 25.5 Å². The normalized spacial score (nSPS) is 14.1. The molecule has 2 amide bonds. The predicted octanol–water partition coefficient (Wildman–Crippen LogP) is 6.92. The number of para-hydroxylation sites is 1.